The molecule has 0 unspecified atom stereocenters. The molecule has 128 valence electrons. The number of rotatable bonds is 8. The summed E-state index contributed by atoms with van der Waals surface area (Å²) < 4.78 is 10.8. The number of hydrogen-bond donors (Lipinski definition) is 1. The van der Waals surface area contributed by atoms with E-state index in [1.54, 1.807) is 21.0 Å². The lowest BCUT2D eigenvalue weighted by molar-refractivity contribution is -0.137. The first-order chi connectivity index (χ1) is 11.5. The van der Waals surface area contributed by atoms with Crippen molar-refractivity contribution in [1.82, 2.24) is 0 Å². The van der Waals surface area contributed by atoms with Crippen molar-refractivity contribution in [3.8, 4) is 5.75 Å². The van der Waals surface area contributed by atoms with Crippen molar-refractivity contribution >= 4 is 5.78 Å². The molecule has 2 aromatic rings. The lowest BCUT2D eigenvalue weighted by atomic mass is 9.91. The van der Waals surface area contributed by atoms with Crippen molar-refractivity contribution in [1.29, 1.82) is 0 Å². The van der Waals surface area contributed by atoms with Gasteiger partial charge in [-0.1, -0.05) is 49.4 Å². The number of hydrogen-bond acceptors (Lipinski definition) is 4. The third-order valence-electron chi connectivity index (χ3n) is 4.12. The third kappa shape index (κ3) is 4.66. The van der Waals surface area contributed by atoms with Gasteiger partial charge in [0.2, 0.25) is 0 Å². The molecule has 0 amide bonds. The van der Waals surface area contributed by atoms with Crippen LogP contribution in [-0.2, 0) is 16.1 Å². The predicted octanol–water partition coefficient (Wildman–Crippen LogP) is 3.54. The van der Waals surface area contributed by atoms with Crippen LogP contribution >= 0.6 is 0 Å². The number of aliphatic hydroxyl groups excluding tert-OH is 1. The molecule has 4 nitrogen and oxygen atoms in total. The summed E-state index contributed by atoms with van der Waals surface area (Å²) in [6.45, 7) is 3.79. The van der Waals surface area contributed by atoms with Gasteiger partial charge in [0.05, 0.1) is 19.8 Å². The van der Waals surface area contributed by atoms with Gasteiger partial charge >= 0.3 is 0 Å². The van der Waals surface area contributed by atoms with E-state index in [1.807, 2.05) is 54.6 Å². The Morgan fingerprint density at radius 2 is 1.67 bits per heavy atom. The van der Waals surface area contributed by atoms with E-state index in [4.69, 9.17) is 9.47 Å². The summed E-state index contributed by atoms with van der Waals surface area (Å²) in [6, 6.07) is 16.7. The molecule has 2 aromatic carbocycles. The summed E-state index contributed by atoms with van der Waals surface area (Å²) >= 11 is 0. The minimum atomic E-state index is -0.828. The van der Waals surface area contributed by atoms with Gasteiger partial charge < -0.3 is 14.6 Å². The Bertz CT molecular complexity index is 636. The second-order valence-electron chi connectivity index (χ2n) is 5.85. The van der Waals surface area contributed by atoms with Crippen LogP contribution in [0.1, 0.15) is 31.1 Å². The van der Waals surface area contributed by atoms with Crippen molar-refractivity contribution in [2.75, 3.05) is 7.11 Å². The molecule has 0 fully saturated rings. The molecule has 0 aliphatic rings. The average Bonchev–Trinajstić information content (AvgIpc) is 2.65. The molecule has 4 heteroatoms. The zero-order chi connectivity index (χ0) is 17.5. The summed E-state index contributed by atoms with van der Waals surface area (Å²) in [5.41, 5.74) is 1.70. The fourth-order valence-corrected chi connectivity index (χ4v) is 2.49. The molecular formula is C20H24O4. The van der Waals surface area contributed by atoms with Crippen molar-refractivity contribution in [3.05, 3.63) is 65.7 Å². The highest BCUT2D eigenvalue weighted by molar-refractivity contribution is 5.85. The van der Waals surface area contributed by atoms with Crippen LogP contribution in [0.2, 0.25) is 0 Å². The first-order valence-electron chi connectivity index (χ1n) is 8.04. The number of ketones is 1. The quantitative estimate of drug-likeness (QED) is 0.805. The molecular weight excluding hydrogens is 304 g/mol. The fourth-order valence-electron chi connectivity index (χ4n) is 2.49. The van der Waals surface area contributed by atoms with Gasteiger partial charge in [0.15, 0.2) is 5.78 Å². The van der Waals surface area contributed by atoms with Crippen LogP contribution in [0.5, 0.6) is 5.75 Å². The molecule has 0 aromatic heterocycles. The van der Waals surface area contributed by atoms with Gasteiger partial charge in [0.25, 0.3) is 0 Å². The molecule has 3 atom stereocenters. The van der Waals surface area contributed by atoms with Gasteiger partial charge in [-0.3, -0.25) is 4.79 Å². The zero-order valence-electron chi connectivity index (χ0n) is 14.3. The second-order valence-corrected chi connectivity index (χ2v) is 5.85. The number of methoxy groups -OCH3 is 1. The van der Waals surface area contributed by atoms with Crippen molar-refractivity contribution in [2.24, 2.45) is 5.92 Å². The largest absolute Gasteiger partial charge is 0.497 e. The Labute approximate surface area is 143 Å². The highest BCUT2D eigenvalue weighted by atomic mass is 16.5. The van der Waals surface area contributed by atoms with Gasteiger partial charge in [-0.05, 0) is 30.2 Å². The molecule has 24 heavy (non-hydrogen) atoms. The van der Waals surface area contributed by atoms with Crippen LogP contribution < -0.4 is 4.74 Å². The lowest BCUT2D eigenvalue weighted by Crippen LogP contribution is -2.30. The van der Waals surface area contributed by atoms with E-state index in [-0.39, 0.29) is 5.78 Å². The SMILES string of the molecule is COc1ccc(CO[C@@H](C)C(=O)[C@@H](C)[C@H](O)c2ccccc2)cc1. The van der Waals surface area contributed by atoms with E-state index < -0.39 is 18.1 Å². The molecule has 0 radical (unpaired) electrons. The lowest BCUT2D eigenvalue weighted by Gasteiger charge is -2.22. The molecule has 0 aliphatic carbocycles. The average molecular weight is 328 g/mol. The number of benzene rings is 2. The Balaban J connectivity index is 1.90. The number of carbonyl (C=O) groups excluding carboxylic acids is 1. The van der Waals surface area contributed by atoms with E-state index >= 15 is 0 Å². The minimum absolute atomic E-state index is 0.111. The Morgan fingerprint density at radius 1 is 1.04 bits per heavy atom. The van der Waals surface area contributed by atoms with Gasteiger partial charge in [-0.2, -0.15) is 0 Å². The molecule has 0 saturated heterocycles. The Morgan fingerprint density at radius 3 is 2.25 bits per heavy atom. The maximum atomic E-state index is 12.5. The van der Waals surface area contributed by atoms with Crippen LogP contribution in [0.15, 0.2) is 54.6 Å². The van der Waals surface area contributed by atoms with Crippen LogP contribution in [0.3, 0.4) is 0 Å². The summed E-state index contributed by atoms with van der Waals surface area (Å²) in [6.07, 6.45) is -1.41. The van der Waals surface area contributed by atoms with Crippen LogP contribution in [0, 0.1) is 5.92 Å². The topological polar surface area (TPSA) is 55.8 Å². The summed E-state index contributed by atoms with van der Waals surface area (Å²) in [4.78, 5) is 12.5. The summed E-state index contributed by atoms with van der Waals surface area (Å²) in [5.74, 6) is 0.139. The highest BCUT2D eigenvalue weighted by Crippen LogP contribution is 2.24. The highest BCUT2D eigenvalue weighted by Gasteiger charge is 2.27. The summed E-state index contributed by atoms with van der Waals surface area (Å²) in [5, 5.41) is 10.4. The molecule has 2 rings (SSSR count). The monoisotopic (exact) mass is 328 g/mol. The first kappa shape index (κ1) is 18.2. The van der Waals surface area contributed by atoms with Crippen LogP contribution in [0.4, 0.5) is 0 Å². The maximum absolute atomic E-state index is 12.5. The van der Waals surface area contributed by atoms with Gasteiger partial charge in [-0.25, -0.2) is 0 Å². The van der Waals surface area contributed by atoms with Crippen molar-refractivity contribution < 1.29 is 19.4 Å². The molecule has 1 N–H and O–H groups in total. The predicted molar refractivity (Wildman–Crippen MR) is 92.8 cm³/mol. The second kappa shape index (κ2) is 8.62. The van der Waals surface area contributed by atoms with Gasteiger partial charge in [0, 0.05) is 5.92 Å². The number of aliphatic hydroxyl groups is 1. The van der Waals surface area contributed by atoms with Gasteiger partial charge in [-0.15, -0.1) is 0 Å². The van der Waals surface area contributed by atoms with Crippen molar-refractivity contribution in [3.63, 3.8) is 0 Å². The smallest absolute Gasteiger partial charge is 0.166 e. The number of ether oxygens (including phenoxy) is 2. The van der Waals surface area contributed by atoms with Crippen LogP contribution in [-0.4, -0.2) is 24.1 Å². The molecule has 0 bridgehead atoms. The van der Waals surface area contributed by atoms with E-state index in [0.29, 0.717) is 6.61 Å². The maximum Gasteiger partial charge on any atom is 0.166 e. The molecule has 0 spiro atoms. The third-order valence-corrected chi connectivity index (χ3v) is 4.12. The van der Waals surface area contributed by atoms with E-state index in [1.165, 1.54) is 0 Å². The minimum Gasteiger partial charge on any atom is -0.497 e. The first-order valence-corrected chi connectivity index (χ1v) is 8.04. The normalized spacial score (nSPS) is 14.7. The Hall–Kier alpha value is -2.17. The van der Waals surface area contributed by atoms with Gasteiger partial charge in [0.1, 0.15) is 11.9 Å². The molecule has 0 heterocycles. The fraction of sp³-hybridized carbons (Fsp3) is 0.350. The molecule has 0 aliphatic heterocycles. The van der Waals surface area contributed by atoms with Crippen molar-refractivity contribution in [2.45, 2.75) is 32.7 Å². The summed E-state index contributed by atoms with van der Waals surface area (Å²) in [7, 11) is 1.62. The number of Topliss-reactive ketones (excluding diaryl/α,β-unsaturated/α-hetero) is 1. The zero-order valence-corrected chi connectivity index (χ0v) is 14.3. The number of carbonyl (C=O) groups is 1. The standard InChI is InChI=1S/C20H24O4/c1-14(20(22)17-7-5-4-6-8-17)19(21)15(2)24-13-16-9-11-18(23-3)12-10-16/h4-12,14-15,20,22H,13H2,1-3H3/t14-,15+,20+/m1/s1. The van der Waals surface area contributed by atoms with E-state index in [0.717, 1.165) is 16.9 Å². The Kier molecular flexibility index (Phi) is 6.53. The van der Waals surface area contributed by atoms with Crippen LogP contribution in [0.25, 0.3) is 0 Å². The molecule has 0 saturated carbocycles. The van der Waals surface area contributed by atoms with E-state index in [9.17, 15) is 9.90 Å². The van der Waals surface area contributed by atoms with E-state index in [2.05, 4.69) is 0 Å².